The van der Waals surface area contributed by atoms with Gasteiger partial charge in [-0.05, 0) is 87.4 Å². The molecule has 7 heterocycles. The van der Waals surface area contributed by atoms with Crippen molar-refractivity contribution in [1.29, 1.82) is 0 Å². The third-order valence-electron chi connectivity index (χ3n) is 10.8. The molecule has 2 saturated heterocycles. The lowest BCUT2D eigenvalue weighted by molar-refractivity contribution is 0.318. The summed E-state index contributed by atoms with van der Waals surface area (Å²) < 4.78 is 37.6. The van der Waals surface area contributed by atoms with E-state index in [-0.39, 0.29) is 23.6 Å². The summed E-state index contributed by atoms with van der Waals surface area (Å²) in [6, 6.07) is 22.6. The molecule has 0 amide bonds. The molecule has 2 aliphatic heterocycles. The lowest BCUT2D eigenvalue weighted by atomic mass is 10.1. The number of aliphatic hydroxyl groups excluding tert-OH is 1. The first-order valence-electron chi connectivity index (χ1n) is 21.7. The normalized spacial score (nSPS) is 14.9. The number of nitrogens with one attached hydrogen (secondary N) is 2. The lowest BCUT2D eigenvalue weighted by Crippen LogP contribution is -2.33. The van der Waals surface area contributed by atoms with Crippen molar-refractivity contribution in [2.45, 2.75) is 71.9 Å². The smallest absolute Gasteiger partial charge is 0.250 e. The van der Waals surface area contributed by atoms with E-state index in [0.29, 0.717) is 37.4 Å². The monoisotopic (exact) mass is 890 g/mol. The minimum atomic E-state index is -1.59. The van der Waals surface area contributed by atoms with E-state index in [1.54, 1.807) is 23.5 Å². The van der Waals surface area contributed by atoms with E-state index in [2.05, 4.69) is 42.4 Å². The zero-order valence-electron chi connectivity index (χ0n) is 36.2. The summed E-state index contributed by atoms with van der Waals surface area (Å²) in [5.41, 5.74) is 10.7. The molecule has 9 rings (SSSR count). The molecular formula is C46H55FN12O4S. The van der Waals surface area contributed by atoms with Crippen LogP contribution in [0.5, 0.6) is 11.5 Å². The van der Waals surface area contributed by atoms with Gasteiger partial charge in [0.25, 0.3) is 5.56 Å². The highest BCUT2D eigenvalue weighted by Crippen LogP contribution is 2.31. The molecule has 2 aliphatic rings. The molecule has 2 fully saturated rings. The summed E-state index contributed by atoms with van der Waals surface area (Å²) in [5, 5.41) is 23.5. The molecule has 336 valence electrons. The van der Waals surface area contributed by atoms with E-state index in [0.717, 1.165) is 108 Å². The number of piperidine rings is 2. The van der Waals surface area contributed by atoms with E-state index < -0.39 is 11.0 Å². The number of rotatable bonds is 12. The molecule has 0 saturated carbocycles. The quantitative estimate of drug-likeness (QED) is 0.0950. The number of hydrogen-bond donors (Lipinski definition) is 4. The van der Waals surface area contributed by atoms with Crippen molar-refractivity contribution in [3.8, 4) is 22.8 Å². The highest BCUT2D eigenvalue weighted by molar-refractivity contribution is 7.86. The summed E-state index contributed by atoms with van der Waals surface area (Å²) in [4.78, 5) is 28.1. The van der Waals surface area contributed by atoms with E-state index >= 15 is 0 Å². The predicted octanol–water partition coefficient (Wildman–Crippen LogP) is 7.41. The van der Waals surface area contributed by atoms with Crippen LogP contribution < -0.4 is 26.2 Å². The Hall–Kier alpha value is -6.50. The van der Waals surface area contributed by atoms with E-state index in [4.69, 9.17) is 20.6 Å². The maximum Gasteiger partial charge on any atom is 0.250 e. The molecule has 5 aromatic heterocycles. The lowest BCUT2D eigenvalue weighted by Gasteiger charge is -2.28. The van der Waals surface area contributed by atoms with Crippen LogP contribution in [0.15, 0.2) is 108 Å². The number of halogens is 1. The first-order valence-corrected chi connectivity index (χ1v) is 22.8. The Labute approximate surface area is 373 Å². The molecule has 1 atom stereocenters. The Kier molecular flexibility index (Phi) is 15.8. The van der Waals surface area contributed by atoms with Gasteiger partial charge in [-0.25, -0.2) is 27.9 Å². The molecule has 0 spiro atoms. The number of aliphatic hydroxyl groups is 1. The number of allylic oxidation sites excluding steroid dienone is 1. The Morgan fingerprint density at radius 3 is 2.36 bits per heavy atom. The maximum atomic E-state index is 13.8. The number of benzene rings is 2. The van der Waals surface area contributed by atoms with Crippen molar-refractivity contribution < 1.29 is 18.4 Å². The van der Waals surface area contributed by atoms with Gasteiger partial charge < -0.3 is 30.4 Å². The Bertz CT molecular complexity index is 2710. The van der Waals surface area contributed by atoms with Gasteiger partial charge in [0.1, 0.15) is 52.6 Å². The molecule has 16 nitrogen and oxygen atoms in total. The van der Waals surface area contributed by atoms with Crippen LogP contribution in [-0.2, 0) is 30.5 Å². The van der Waals surface area contributed by atoms with Crippen LogP contribution in [0, 0.1) is 0 Å². The topological polar surface area (TPSA) is 198 Å². The second-order valence-electron chi connectivity index (χ2n) is 15.3. The van der Waals surface area contributed by atoms with Crippen LogP contribution in [0.4, 0.5) is 21.8 Å². The standard InChI is InChI=1S/C27H36FN7O2S.C17H13N5O.C2H6O/c1-2-22-18-30-35-24(15-25(31-27(22)35)32-11-5-3-6-12-32)29-17-21-9-10-26(36)33(19-21)20-23(16-28)38(37)34-13-7-4-8-14-34;18-16-14-15(21-22-17(14)20-10-19-16)11-6-8-13(9-7-11)23-12-4-2-1-3-5-12;1-2-3/h9-10,15-16,18-19,29H,2-8,11-14,17,20H2,1H3;1-10H,(H3,18,19,20,21,22);3H,2H2,1H3/b23-16-;;. The minimum absolute atomic E-state index is 0.0517. The molecule has 0 radical (unpaired) electrons. The number of nitrogen functional groups attached to an aromatic ring is 1. The van der Waals surface area contributed by atoms with Crippen LogP contribution in [0.25, 0.3) is 27.9 Å². The fraction of sp³-hybridized carbons (Fsp3) is 0.348. The molecule has 5 N–H and O–H groups in total. The van der Waals surface area contributed by atoms with Crippen LogP contribution in [-0.4, -0.2) is 85.7 Å². The van der Waals surface area contributed by atoms with Crippen molar-refractivity contribution >= 4 is 45.1 Å². The Morgan fingerprint density at radius 2 is 1.66 bits per heavy atom. The number of ether oxygens (including phenoxy) is 1. The molecule has 7 aromatic rings. The minimum Gasteiger partial charge on any atom is -0.457 e. The number of aryl methyl sites for hydroxylation is 1. The van der Waals surface area contributed by atoms with E-state index in [1.165, 1.54) is 23.4 Å². The number of nitrogens with zero attached hydrogens (tertiary/aromatic N) is 9. The maximum absolute atomic E-state index is 13.8. The zero-order chi connectivity index (χ0) is 44.8. The average Bonchev–Trinajstić information content (AvgIpc) is 3.98. The Morgan fingerprint density at radius 1 is 0.953 bits per heavy atom. The van der Waals surface area contributed by atoms with Crippen molar-refractivity contribution in [2.24, 2.45) is 0 Å². The number of aromatic amines is 1. The van der Waals surface area contributed by atoms with Gasteiger partial charge in [0.05, 0.1) is 28.7 Å². The number of fused-ring (bicyclic) bond motifs is 2. The van der Waals surface area contributed by atoms with Gasteiger partial charge >= 0.3 is 0 Å². The highest BCUT2D eigenvalue weighted by atomic mass is 32.2. The number of pyridine rings is 1. The van der Waals surface area contributed by atoms with Gasteiger partial charge in [0, 0.05) is 68.8 Å². The van der Waals surface area contributed by atoms with Gasteiger partial charge in [-0.15, -0.1) is 0 Å². The number of para-hydroxylation sites is 1. The van der Waals surface area contributed by atoms with Gasteiger partial charge in [-0.2, -0.15) is 14.7 Å². The molecule has 18 heteroatoms. The van der Waals surface area contributed by atoms with Crippen LogP contribution in [0.1, 0.15) is 63.5 Å². The second kappa shape index (κ2) is 22.2. The molecular weight excluding hydrogens is 836 g/mol. The number of anilines is 3. The van der Waals surface area contributed by atoms with Gasteiger partial charge in [0.15, 0.2) is 11.3 Å². The van der Waals surface area contributed by atoms with Crippen LogP contribution in [0.2, 0.25) is 0 Å². The van der Waals surface area contributed by atoms with Crippen molar-refractivity contribution in [1.82, 2.24) is 43.6 Å². The van der Waals surface area contributed by atoms with Crippen molar-refractivity contribution in [3.05, 3.63) is 124 Å². The largest absolute Gasteiger partial charge is 0.457 e. The van der Waals surface area contributed by atoms with Gasteiger partial charge in [-0.3, -0.25) is 9.89 Å². The fourth-order valence-corrected chi connectivity index (χ4v) is 8.80. The molecule has 0 aliphatic carbocycles. The number of aromatic nitrogens is 8. The zero-order valence-corrected chi connectivity index (χ0v) is 37.0. The first kappa shape index (κ1) is 45.5. The molecule has 2 aromatic carbocycles. The van der Waals surface area contributed by atoms with Crippen molar-refractivity contribution in [3.63, 3.8) is 0 Å². The molecule has 0 bridgehead atoms. The van der Waals surface area contributed by atoms with Gasteiger partial charge in [0.2, 0.25) is 0 Å². The summed E-state index contributed by atoms with van der Waals surface area (Å²) in [7, 11) is -1.59. The van der Waals surface area contributed by atoms with E-state index in [9.17, 15) is 13.4 Å². The number of nitrogens with two attached hydrogens (primary N) is 1. The predicted molar refractivity (Wildman–Crippen MR) is 250 cm³/mol. The summed E-state index contributed by atoms with van der Waals surface area (Å²) in [5.74, 6) is 3.72. The third-order valence-corrected chi connectivity index (χ3v) is 12.3. The summed E-state index contributed by atoms with van der Waals surface area (Å²) >= 11 is 0. The van der Waals surface area contributed by atoms with Crippen molar-refractivity contribution in [2.75, 3.05) is 48.7 Å². The highest BCUT2D eigenvalue weighted by Gasteiger charge is 2.22. The van der Waals surface area contributed by atoms with Gasteiger partial charge in [-0.1, -0.05) is 37.6 Å². The average molecular weight is 891 g/mol. The number of H-pyrrole nitrogens is 1. The van der Waals surface area contributed by atoms with Crippen LogP contribution in [0.3, 0.4) is 0 Å². The van der Waals surface area contributed by atoms with E-state index in [1.807, 2.05) is 71.4 Å². The fourth-order valence-electron chi connectivity index (χ4n) is 7.55. The SMILES string of the molecule is CCO.CCc1cnn2c(NCc3ccc(=O)n(C/C(=C/F)S(=O)N4CCCCC4)c3)cc(N3CCCCC3)nc12.Nc1ncnc2n[nH]c(-c3ccc(Oc4ccccc4)cc3)c12. The first-order chi connectivity index (χ1) is 31.3. The second-order valence-corrected chi connectivity index (χ2v) is 16.8. The number of hydrogen-bond acceptors (Lipinski definition) is 12. The molecule has 1 unspecified atom stereocenters. The molecule has 64 heavy (non-hydrogen) atoms. The summed E-state index contributed by atoms with van der Waals surface area (Å²) in [6.45, 7) is 7.75. The third kappa shape index (κ3) is 11.2. The Balaban J connectivity index is 0.000000200. The summed E-state index contributed by atoms with van der Waals surface area (Å²) in [6.07, 6.45) is 12.8. The van der Waals surface area contributed by atoms with Crippen LogP contribution >= 0.6 is 0 Å².